The quantitative estimate of drug-likeness (QED) is 0.119. The van der Waals surface area contributed by atoms with Crippen LogP contribution in [0.4, 0.5) is 5.69 Å². The van der Waals surface area contributed by atoms with Crippen LogP contribution in [0.3, 0.4) is 0 Å². The van der Waals surface area contributed by atoms with Crippen LogP contribution in [-0.4, -0.2) is 28.7 Å². The molecule has 0 bridgehead atoms. The van der Waals surface area contributed by atoms with Gasteiger partial charge in [-0.1, -0.05) is 42.2 Å². The normalized spacial score (nSPS) is 14.7. The van der Waals surface area contributed by atoms with E-state index >= 15 is 0 Å². The average Bonchev–Trinajstić information content (AvgIpc) is 3.55. The van der Waals surface area contributed by atoms with Crippen LogP contribution < -0.4 is 19.6 Å². The fourth-order valence-corrected chi connectivity index (χ4v) is 5.74. The molecule has 214 valence electrons. The van der Waals surface area contributed by atoms with Crippen molar-refractivity contribution in [1.82, 2.24) is 4.57 Å². The fourth-order valence-electron chi connectivity index (χ4n) is 4.71. The molecule has 5 rings (SSSR count). The van der Waals surface area contributed by atoms with Crippen molar-refractivity contribution in [2.45, 2.75) is 26.8 Å². The summed E-state index contributed by atoms with van der Waals surface area (Å²) in [6.45, 7) is 9.37. The number of benzene rings is 2. The van der Waals surface area contributed by atoms with Gasteiger partial charge in [-0.15, -0.1) is 0 Å². The van der Waals surface area contributed by atoms with Gasteiger partial charge in [0.2, 0.25) is 0 Å². The summed E-state index contributed by atoms with van der Waals surface area (Å²) < 4.78 is 18.7. The molecular formula is C31H27N3O7S. The summed E-state index contributed by atoms with van der Waals surface area (Å²) in [5.74, 6) is 0.705. The maximum atomic E-state index is 13.8. The molecule has 0 aliphatic carbocycles. The maximum Gasteiger partial charge on any atom is 0.338 e. The number of thiazole rings is 1. The molecule has 2 aromatic carbocycles. The molecule has 0 fully saturated rings. The van der Waals surface area contributed by atoms with Gasteiger partial charge in [0.05, 0.1) is 38.9 Å². The molecule has 0 radical (unpaired) electrons. The third-order valence-corrected chi connectivity index (χ3v) is 7.58. The van der Waals surface area contributed by atoms with Gasteiger partial charge >= 0.3 is 5.97 Å². The molecule has 10 nitrogen and oxygen atoms in total. The maximum absolute atomic E-state index is 13.8. The summed E-state index contributed by atoms with van der Waals surface area (Å²) in [7, 11) is 0. The molecule has 42 heavy (non-hydrogen) atoms. The van der Waals surface area contributed by atoms with E-state index in [2.05, 4.69) is 11.6 Å². The van der Waals surface area contributed by atoms with Gasteiger partial charge in [-0.25, -0.2) is 9.79 Å². The molecule has 4 aromatic rings. The summed E-state index contributed by atoms with van der Waals surface area (Å²) in [6, 6.07) is 14.5. The number of aromatic nitrogens is 1. The Balaban J connectivity index is 1.60. The van der Waals surface area contributed by atoms with Gasteiger partial charge in [0.15, 0.2) is 4.80 Å². The highest BCUT2D eigenvalue weighted by Gasteiger charge is 2.33. The third-order valence-electron chi connectivity index (χ3n) is 6.60. The Labute approximate surface area is 244 Å². The van der Waals surface area contributed by atoms with Crippen molar-refractivity contribution in [3.8, 4) is 17.1 Å². The Morgan fingerprint density at radius 1 is 1.19 bits per heavy atom. The predicted molar refractivity (Wildman–Crippen MR) is 158 cm³/mol. The van der Waals surface area contributed by atoms with Crippen LogP contribution in [-0.2, 0) is 9.53 Å². The van der Waals surface area contributed by atoms with E-state index in [0.717, 1.165) is 16.9 Å². The Morgan fingerprint density at radius 3 is 2.64 bits per heavy atom. The lowest BCUT2D eigenvalue weighted by Crippen LogP contribution is -2.39. The summed E-state index contributed by atoms with van der Waals surface area (Å²) in [6.07, 6.45) is 3.21. The van der Waals surface area contributed by atoms with E-state index in [4.69, 9.17) is 13.9 Å². The second-order valence-electron chi connectivity index (χ2n) is 9.45. The molecule has 11 heteroatoms. The summed E-state index contributed by atoms with van der Waals surface area (Å²) in [5.41, 5.74) is 2.04. The molecule has 1 aliphatic heterocycles. The standard InChI is InChI=1S/C31H27N3O7S/c1-5-15-40-21-10-8-20(9-11-21)28-27(30(36)39-6-2)19(4)32-31-33(28)29(35)26(42-31)17-22-12-14-25(41-22)23-13-7-18(3)16-24(23)34(37)38/h5,7-14,16-17,28H,1,6,15H2,2-4H3/b26-17-/t28-/m1/s1. The number of ether oxygens (including phenoxy) is 2. The minimum atomic E-state index is -0.779. The Bertz CT molecular complexity index is 1910. The van der Waals surface area contributed by atoms with Crippen LogP contribution in [0.2, 0.25) is 0 Å². The van der Waals surface area contributed by atoms with Crippen LogP contribution in [0.5, 0.6) is 5.75 Å². The van der Waals surface area contributed by atoms with Crippen molar-refractivity contribution in [3.05, 3.63) is 125 Å². The highest BCUT2D eigenvalue weighted by atomic mass is 32.1. The van der Waals surface area contributed by atoms with Gasteiger partial charge in [-0.3, -0.25) is 19.5 Å². The van der Waals surface area contributed by atoms with E-state index in [1.165, 1.54) is 10.6 Å². The molecule has 0 saturated heterocycles. The molecule has 3 heterocycles. The molecule has 1 aliphatic rings. The number of furan rings is 1. The van der Waals surface area contributed by atoms with Gasteiger partial charge in [-0.2, -0.15) is 0 Å². The molecule has 0 spiro atoms. The lowest BCUT2D eigenvalue weighted by Gasteiger charge is -2.24. The number of carbonyl (C=O) groups is 1. The average molecular weight is 586 g/mol. The lowest BCUT2D eigenvalue weighted by atomic mass is 9.96. The third kappa shape index (κ3) is 5.46. The number of aryl methyl sites for hydroxylation is 1. The zero-order valence-corrected chi connectivity index (χ0v) is 24.0. The molecule has 0 saturated carbocycles. The highest BCUT2D eigenvalue weighted by molar-refractivity contribution is 7.07. The SMILES string of the molecule is C=CCOc1ccc([C@@H]2C(C(=O)OCC)=C(C)N=c3s/c(=C\c4ccc(-c5ccc(C)cc5[N+](=O)[O-])o4)c(=O)n32)cc1. The number of allylic oxidation sites excluding steroid dienone is 1. The number of esters is 1. The Hall–Kier alpha value is -5.03. The molecule has 0 N–H and O–H groups in total. The van der Waals surface area contributed by atoms with Gasteiger partial charge in [0, 0.05) is 12.1 Å². The van der Waals surface area contributed by atoms with Crippen molar-refractivity contribution in [3.63, 3.8) is 0 Å². The minimum absolute atomic E-state index is 0.0712. The smallest absolute Gasteiger partial charge is 0.338 e. The van der Waals surface area contributed by atoms with E-state index in [9.17, 15) is 19.7 Å². The first-order valence-electron chi connectivity index (χ1n) is 13.1. The minimum Gasteiger partial charge on any atom is -0.490 e. The number of hydrogen-bond acceptors (Lipinski definition) is 9. The summed E-state index contributed by atoms with van der Waals surface area (Å²) >= 11 is 1.15. The molecule has 0 unspecified atom stereocenters. The second kappa shape index (κ2) is 11.8. The first kappa shape index (κ1) is 28.5. The highest BCUT2D eigenvalue weighted by Crippen LogP contribution is 2.33. The number of rotatable bonds is 9. The summed E-state index contributed by atoms with van der Waals surface area (Å²) in [4.78, 5) is 43.1. The second-order valence-corrected chi connectivity index (χ2v) is 10.5. The summed E-state index contributed by atoms with van der Waals surface area (Å²) in [5, 5.41) is 11.6. The van der Waals surface area contributed by atoms with E-state index in [1.807, 2.05) is 0 Å². The largest absolute Gasteiger partial charge is 0.490 e. The van der Waals surface area contributed by atoms with E-state index in [-0.39, 0.29) is 23.4 Å². The van der Waals surface area contributed by atoms with Crippen molar-refractivity contribution >= 4 is 29.1 Å². The monoisotopic (exact) mass is 585 g/mol. The molecule has 2 aromatic heterocycles. The lowest BCUT2D eigenvalue weighted by molar-refractivity contribution is -0.384. The van der Waals surface area contributed by atoms with Crippen LogP contribution >= 0.6 is 11.3 Å². The number of nitrogens with zero attached hydrogens (tertiary/aromatic N) is 3. The van der Waals surface area contributed by atoms with Crippen molar-refractivity contribution in [2.24, 2.45) is 4.99 Å². The topological polar surface area (TPSA) is 126 Å². The number of carbonyl (C=O) groups excluding carboxylic acids is 1. The number of nitro benzene ring substituents is 1. The first-order valence-corrected chi connectivity index (χ1v) is 13.9. The first-order chi connectivity index (χ1) is 20.2. The predicted octanol–water partition coefficient (Wildman–Crippen LogP) is 4.84. The Morgan fingerprint density at radius 2 is 1.95 bits per heavy atom. The van der Waals surface area contributed by atoms with Gasteiger partial charge in [0.1, 0.15) is 23.9 Å². The molecule has 1 atom stereocenters. The van der Waals surface area contributed by atoms with E-state index < -0.39 is 16.9 Å². The number of nitro groups is 1. The molecular weight excluding hydrogens is 558 g/mol. The van der Waals surface area contributed by atoms with Crippen molar-refractivity contribution < 1.29 is 23.6 Å². The zero-order chi connectivity index (χ0) is 30.0. The molecule has 0 amide bonds. The van der Waals surface area contributed by atoms with E-state index in [0.29, 0.717) is 50.0 Å². The zero-order valence-electron chi connectivity index (χ0n) is 23.2. The van der Waals surface area contributed by atoms with Crippen molar-refractivity contribution in [2.75, 3.05) is 13.2 Å². The van der Waals surface area contributed by atoms with Gasteiger partial charge in [-0.05, 0) is 62.2 Å². The van der Waals surface area contributed by atoms with Crippen LogP contribution in [0.15, 0.2) is 92.7 Å². The van der Waals surface area contributed by atoms with Gasteiger partial charge in [0.25, 0.3) is 11.2 Å². The van der Waals surface area contributed by atoms with Gasteiger partial charge < -0.3 is 13.9 Å². The Kier molecular flexibility index (Phi) is 8.03. The van der Waals surface area contributed by atoms with Crippen LogP contribution in [0.1, 0.15) is 36.8 Å². The number of fused-ring (bicyclic) bond motifs is 1. The fraction of sp³-hybridized carbons (Fsp3) is 0.194. The van der Waals surface area contributed by atoms with Crippen LogP contribution in [0, 0.1) is 17.0 Å². The van der Waals surface area contributed by atoms with E-state index in [1.54, 1.807) is 81.5 Å². The number of hydrogen-bond donors (Lipinski definition) is 0. The van der Waals surface area contributed by atoms with Crippen molar-refractivity contribution in [1.29, 1.82) is 0 Å². The van der Waals surface area contributed by atoms with Crippen LogP contribution in [0.25, 0.3) is 17.4 Å².